The molecule has 2 N–H and O–H groups in total. The molecule has 0 unspecified atom stereocenters. The first-order valence-electron chi connectivity index (χ1n) is 6.68. The fourth-order valence-corrected chi connectivity index (χ4v) is 3.55. The van der Waals surface area contributed by atoms with Crippen LogP contribution in [0.15, 0.2) is 53.4 Å². The van der Waals surface area contributed by atoms with E-state index >= 15 is 0 Å². The second kappa shape index (κ2) is 5.58. The smallest absolute Gasteiger partial charge is 0.263 e. The Bertz CT molecular complexity index is 741. The van der Waals surface area contributed by atoms with Crippen LogP contribution in [0.2, 0.25) is 5.02 Å². The van der Waals surface area contributed by atoms with E-state index in [9.17, 15) is 8.42 Å². The van der Waals surface area contributed by atoms with Crippen LogP contribution in [0.5, 0.6) is 0 Å². The Kier molecular flexibility index (Phi) is 3.78. The van der Waals surface area contributed by atoms with Gasteiger partial charge in [-0.25, -0.2) is 8.42 Å². The first kappa shape index (κ1) is 14.2. The van der Waals surface area contributed by atoms with E-state index in [0.717, 1.165) is 5.69 Å². The summed E-state index contributed by atoms with van der Waals surface area (Å²) in [5.74, 6) is 0. The van der Waals surface area contributed by atoms with Crippen molar-refractivity contribution in [3.8, 4) is 0 Å². The van der Waals surface area contributed by atoms with E-state index in [1.807, 2.05) is 12.1 Å². The zero-order chi connectivity index (χ0) is 14.9. The van der Waals surface area contributed by atoms with Crippen LogP contribution in [0.3, 0.4) is 0 Å². The van der Waals surface area contributed by atoms with E-state index in [1.54, 1.807) is 30.3 Å². The van der Waals surface area contributed by atoms with Crippen LogP contribution >= 0.6 is 11.6 Å². The maximum Gasteiger partial charge on any atom is 0.263 e. The molecule has 1 aliphatic rings. The molecule has 0 radical (unpaired) electrons. The van der Waals surface area contributed by atoms with Crippen LogP contribution in [0.1, 0.15) is 12.8 Å². The highest BCUT2D eigenvalue weighted by molar-refractivity contribution is 7.92. The van der Waals surface area contributed by atoms with Crippen LogP contribution in [-0.4, -0.2) is 14.5 Å². The Morgan fingerprint density at radius 2 is 1.57 bits per heavy atom. The molecule has 0 amide bonds. The fraction of sp³-hybridized carbons (Fsp3) is 0.200. The van der Waals surface area contributed by atoms with Crippen molar-refractivity contribution < 1.29 is 8.42 Å². The minimum Gasteiger partial charge on any atom is -0.382 e. The third-order valence-electron chi connectivity index (χ3n) is 3.21. The zero-order valence-electron chi connectivity index (χ0n) is 11.2. The van der Waals surface area contributed by atoms with Gasteiger partial charge in [-0.2, -0.15) is 0 Å². The molecule has 0 aromatic heterocycles. The summed E-state index contributed by atoms with van der Waals surface area (Å²) < 4.78 is 27.1. The van der Waals surface area contributed by atoms with Crippen molar-refractivity contribution in [2.45, 2.75) is 23.8 Å². The first-order chi connectivity index (χ1) is 10.0. The number of nitrogens with one attached hydrogen (secondary N) is 2. The van der Waals surface area contributed by atoms with Crippen molar-refractivity contribution in [2.75, 3.05) is 10.0 Å². The molecule has 0 heterocycles. The number of sulfonamides is 1. The fourth-order valence-electron chi connectivity index (χ4n) is 1.97. The summed E-state index contributed by atoms with van der Waals surface area (Å²) in [6.45, 7) is 0. The van der Waals surface area contributed by atoms with Gasteiger partial charge in [0.05, 0.1) is 5.02 Å². The molecule has 1 aliphatic carbocycles. The Balaban J connectivity index is 1.77. The highest BCUT2D eigenvalue weighted by Gasteiger charge is 2.21. The van der Waals surface area contributed by atoms with E-state index in [1.165, 1.54) is 18.9 Å². The van der Waals surface area contributed by atoms with Gasteiger partial charge in [-0.05, 0) is 49.2 Å². The summed E-state index contributed by atoms with van der Waals surface area (Å²) in [6, 6.07) is 14.1. The monoisotopic (exact) mass is 322 g/mol. The molecule has 0 saturated heterocycles. The summed E-state index contributed by atoms with van der Waals surface area (Å²) in [5, 5.41) is 3.55. The van der Waals surface area contributed by atoms with Crippen molar-refractivity contribution in [1.29, 1.82) is 0 Å². The van der Waals surface area contributed by atoms with Gasteiger partial charge in [0.25, 0.3) is 10.0 Å². The van der Waals surface area contributed by atoms with Gasteiger partial charge in [-0.15, -0.1) is 0 Å². The summed E-state index contributed by atoms with van der Waals surface area (Å²) in [7, 11) is -3.67. The number of benzene rings is 2. The predicted octanol–water partition coefficient (Wildman–Crippen LogP) is 3.72. The summed E-state index contributed by atoms with van der Waals surface area (Å²) >= 11 is 5.94. The quantitative estimate of drug-likeness (QED) is 0.882. The van der Waals surface area contributed by atoms with Gasteiger partial charge in [-0.1, -0.05) is 23.7 Å². The topological polar surface area (TPSA) is 58.2 Å². The number of hydrogen-bond acceptors (Lipinski definition) is 3. The van der Waals surface area contributed by atoms with E-state index in [0.29, 0.717) is 11.7 Å². The van der Waals surface area contributed by atoms with Gasteiger partial charge >= 0.3 is 0 Å². The maximum absolute atomic E-state index is 12.3. The normalized spacial score (nSPS) is 14.7. The lowest BCUT2D eigenvalue weighted by Crippen LogP contribution is -2.13. The number of anilines is 2. The molecule has 0 spiro atoms. The summed E-state index contributed by atoms with van der Waals surface area (Å²) in [5.41, 5.74) is 1.51. The Hall–Kier alpha value is -1.72. The van der Waals surface area contributed by atoms with E-state index in [4.69, 9.17) is 11.6 Å². The van der Waals surface area contributed by atoms with Crippen molar-refractivity contribution in [3.63, 3.8) is 0 Å². The van der Waals surface area contributed by atoms with Gasteiger partial charge in [0.15, 0.2) is 0 Å². The molecule has 0 atom stereocenters. The molecule has 2 aromatic carbocycles. The molecule has 0 bridgehead atoms. The minimum atomic E-state index is -3.67. The Morgan fingerprint density at radius 1 is 0.952 bits per heavy atom. The Morgan fingerprint density at radius 3 is 2.19 bits per heavy atom. The third-order valence-corrected chi connectivity index (χ3v) is 5.09. The predicted molar refractivity (Wildman–Crippen MR) is 85.3 cm³/mol. The molecule has 0 aliphatic heterocycles. The second-order valence-corrected chi connectivity index (χ2v) is 7.09. The van der Waals surface area contributed by atoms with E-state index < -0.39 is 10.0 Å². The average Bonchev–Trinajstić information content (AvgIpc) is 3.25. The van der Waals surface area contributed by atoms with Crippen LogP contribution in [0.4, 0.5) is 11.4 Å². The average molecular weight is 323 g/mol. The molecule has 1 saturated carbocycles. The Labute approximate surface area is 129 Å². The van der Waals surface area contributed by atoms with Crippen molar-refractivity contribution >= 4 is 33.0 Å². The lowest BCUT2D eigenvalue weighted by Gasteiger charge is -2.10. The molecule has 4 nitrogen and oxygen atoms in total. The molecular formula is C15H15ClN2O2S. The van der Waals surface area contributed by atoms with Gasteiger partial charge in [0.1, 0.15) is 4.90 Å². The molecule has 110 valence electrons. The van der Waals surface area contributed by atoms with Crippen LogP contribution < -0.4 is 10.0 Å². The number of halogens is 1. The molecule has 6 heteroatoms. The lowest BCUT2D eigenvalue weighted by molar-refractivity contribution is 0.601. The largest absolute Gasteiger partial charge is 0.382 e. The highest BCUT2D eigenvalue weighted by Crippen LogP contribution is 2.27. The van der Waals surface area contributed by atoms with Gasteiger partial charge in [0, 0.05) is 17.4 Å². The van der Waals surface area contributed by atoms with Gasteiger partial charge < -0.3 is 5.32 Å². The summed E-state index contributed by atoms with van der Waals surface area (Å²) in [4.78, 5) is 0.0758. The van der Waals surface area contributed by atoms with Crippen LogP contribution in [0.25, 0.3) is 0 Å². The lowest BCUT2D eigenvalue weighted by atomic mass is 10.3. The van der Waals surface area contributed by atoms with Gasteiger partial charge in [-0.3, -0.25) is 4.72 Å². The van der Waals surface area contributed by atoms with Crippen molar-refractivity contribution in [1.82, 2.24) is 0 Å². The van der Waals surface area contributed by atoms with Crippen LogP contribution in [-0.2, 0) is 10.0 Å². The summed E-state index contributed by atoms with van der Waals surface area (Å²) in [6.07, 6.45) is 2.39. The second-order valence-electron chi connectivity index (χ2n) is 5.03. The van der Waals surface area contributed by atoms with Gasteiger partial charge in [0.2, 0.25) is 0 Å². The van der Waals surface area contributed by atoms with E-state index in [2.05, 4.69) is 10.0 Å². The first-order valence-corrected chi connectivity index (χ1v) is 8.55. The SMILES string of the molecule is O=S(=O)(Nc1ccc(NC2CC2)cc1)c1ccccc1Cl. The van der Waals surface area contributed by atoms with Crippen LogP contribution in [0, 0.1) is 0 Å². The minimum absolute atomic E-state index is 0.0758. The van der Waals surface area contributed by atoms with Crippen molar-refractivity contribution in [2.24, 2.45) is 0 Å². The standard InChI is InChI=1S/C15H15ClN2O2S/c16-14-3-1-2-4-15(14)21(19,20)18-13-9-7-12(8-10-13)17-11-5-6-11/h1-4,7-11,17-18H,5-6H2. The molecule has 2 aromatic rings. The molecule has 1 fully saturated rings. The molecule has 3 rings (SSSR count). The highest BCUT2D eigenvalue weighted by atomic mass is 35.5. The third kappa shape index (κ3) is 3.49. The van der Waals surface area contributed by atoms with E-state index in [-0.39, 0.29) is 9.92 Å². The number of hydrogen-bond donors (Lipinski definition) is 2. The maximum atomic E-state index is 12.3. The van der Waals surface area contributed by atoms with Crippen molar-refractivity contribution in [3.05, 3.63) is 53.6 Å². The number of rotatable bonds is 5. The zero-order valence-corrected chi connectivity index (χ0v) is 12.8. The molecule has 21 heavy (non-hydrogen) atoms. The molecular weight excluding hydrogens is 308 g/mol.